The molecule has 0 saturated carbocycles. The normalized spacial score (nSPS) is 11.2. The smallest absolute Gasteiger partial charge is 0.260 e. The predicted octanol–water partition coefficient (Wildman–Crippen LogP) is 4.52. The second kappa shape index (κ2) is 6.46. The number of carbonyl (C=O) groups is 1. The van der Waals surface area contributed by atoms with E-state index in [2.05, 4.69) is 15.0 Å². The Morgan fingerprint density at radius 2 is 1.69 bits per heavy atom. The summed E-state index contributed by atoms with van der Waals surface area (Å²) in [5, 5.41) is 0.713. The fraction of sp³-hybridized carbons (Fsp3) is 0.200. The van der Waals surface area contributed by atoms with Crippen molar-refractivity contribution in [3.8, 4) is 0 Å². The molecule has 0 aliphatic heterocycles. The second-order valence-electron chi connectivity index (χ2n) is 6.11. The third kappa shape index (κ3) is 2.82. The Labute approximate surface area is 155 Å². The number of rotatable bonds is 3. The molecule has 0 unspecified atom stereocenters. The van der Waals surface area contributed by atoms with Gasteiger partial charge in [-0.05, 0) is 51.1 Å². The zero-order valence-electron chi connectivity index (χ0n) is 14.9. The van der Waals surface area contributed by atoms with Gasteiger partial charge in [-0.2, -0.15) is 0 Å². The Kier molecular flexibility index (Phi) is 4.12. The molecule has 5 nitrogen and oxygen atoms in total. The molecule has 2 heterocycles. The molecule has 0 radical (unpaired) electrons. The number of para-hydroxylation sites is 1. The largest absolute Gasteiger partial charge is 0.284 e. The SMILES string of the molecule is CCN(C(=O)c1ccc2nc(C)c(C)nc2c1)c1nc2ccccc2s1. The Balaban J connectivity index is 1.74. The molecule has 26 heavy (non-hydrogen) atoms. The molecule has 0 aliphatic carbocycles. The highest BCUT2D eigenvalue weighted by atomic mass is 32.1. The fourth-order valence-electron chi connectivity index (χ4n) is 2.86. The number of amides is 1. The van der Waals surface area contributed by atoms with Crippen molar-refractivity contribution in [3.63, 3.8) is 0 Å². The van der Waals surface area contributed by atoms with Gasteiger partial charge in [0.25, 0.3) is 5.91 Å². The molecule has 4 rings (SSSR count). The van der Waals surface area contributed by atoms with Gasteiger partial charge in [-0.15, -0.1) is 0 Å². The van der Waals surface area contributed by atoms with Crippen LogP contribution in [-0.2, 0) is 0 Å². The maximum atomic E-state index is 13.1. The molecule has 0 fully saturated rings. The van der Waals surface area contributed by atoms with Crippen molar-refractivity contribution in [1.82, 2.24) is 15.0 Å². The summed E-state index contributed by atoms with van der Waals surface area (Å²) in [5.74, 6) is -0.0755. The molecule has 130 valence electrons. The van der Waals surface area contributed by atoms with Crippen molar-refractivity contribution in [1.29, 1.82) is 0 Å². The van der Waals surface area contributed by atoms with E-state index < -0.39 is 0 Å². The van der Waals surface area contributed by atoms with Crippen molar-refractivity contribution >= 4 is 43.6 Å². The number of fused-ring (bicyclic) bond motifs is 2. The zero-order chi connectivity index (χ0) is 18.3. The summed E-state index contributed by atoms with van der Waals surface area (Å²) in [6.07, 6.45) is 0. The lowest BCUT2D eigenvalue weighted by Crippen LogP contribution is -2.30. The molecular formula is C20H18N4OS. The fourth-order valence-corrected chi connectivity index (χ4v) is 3.89. The molecule has 1 amide bonds. The lowest BCUT2D eigenvalue weighted by atomic mass is 10.1. The van der Waals surface area contributed by atoms with Crippen molar-refractivity contribution in [2.75, 3.05) is 11.4 Å². The van der Waals surface area contributed by atoms with E-state index in [1.807, 2.05) is 63.2 Å². The van der Waals surface area contributed by atoms with E-state index in [9.17, 15) is 4.79 Å². The first-order valence-electron chi connectivity index (χ1n) is 8.49. The lowest BCUT2D eigenvalue weighted by Gasteiger charge is -2.17. The molecule has 0 N–H and O–H groups in total. The molecule has 4 aromatic rings. The average molecular weight is 362 g/mol. The van der Waals surface area contributed by atoms with E-state index in [1.54, 1.807) is 4.90 Å². The molecule has 2 aromatic heterocycles. The molecule has 0 saturated heterocycles. The summed E-state index contributed by atoms with van der Waals surface area (Å²) in [6, 6.07) is 13.4. The van der Waals surface area contributed by atoms with Crippen LogP contribution >= 0.6 is 11.3 Å². The predicted molar refractivity (Wildman–Crippen MR) is 106 cm³/mol. The van der Waals surface area contributed by atoms with Crippen LogP contribution < -0.4 is 4.90 Å². The van der Waals surface area contributed by atoms with Crippen molar-refractivity contribution in [2.45, 2.75) is 20.8 Å². The Morgan fingerprint density at radius 1 is 0.962 bits per heavy atom. The number of thiazole rings is 1. The first kappa shape index (κ1) is 16.6. The maximum Gasteiger partial charge on any atom is 0.260 e. The number of hydrogen-bond donors (Lipinski definition) is 0. The molecule has 0 aliphatic rings. The van der Waals surface area contributed by atoms with Gasteiger partial charge in [-0.3, -0.25) is 9.69 Å². The van der Waals surface area contributed by atoms with E-state index >= 15 is 0 Å². The van der Waals surface area contributed by atoms with Gasteiger partial charge in [-0.25, -0.2) is 15.0 Å². The van der Waals surface area contributed by atoms with Gasteiger partial charge in [0.05, 0.1) is 32.6 Å². The summed E-state index contributed by atoms with van der Waals surface area (Å²) >= 11 is 1.53. The molecule has 6 heteroatoms. The number of benzene rings is 2. The van der Waals surface area contributed by atoms with E-state index in [0.29, 0.717) is 17.2 Å². The number of carbonyl (C=O) groups excluding carboxylic acids is 1. The van der Waals surface area contributed by atoms with Crippen LogP contribution in [0.15, 0.2) is 42.5 Å². The van der Waals surface area contributed by atoms with Crippen molar-refractivity contribution in [3.05, 3.63) is 59.4 Å². The third-order valence-corrected chi connectivity index (χ3v) is 5.46. The number of aryl methyl sites for hydroxylation is 2. The van der Waals surface area contributed by atoms with Gasteiger partial charge in [0, 0.05) is 12.1 Å². The summed E-state index contributed by atoms with van der Waals surface area (Å²) in [7, 11) is 0. The summed E-state index contributed by atoms with van der Waals surface area (Å²) < 4.78 is 1.07. The zero-order valence-corrected chi connectivity index (χ0v) is 15.7. The summed E-state index contributed by atoms with van der Waals surface area (Å²) in [6.45, 7) is 6.37. The highest BCUT2D eigenvalue weighted by Crippen LogP contribution is 2.29. The average Bonchev–Trinajstić information content (AvgIpc) is 3.06. The Morgan fingerprint density at radius 3 is 2.42 bits per heavy atom. The van der Waals surface area contributed by atoms with Gasteiger partial charge in [0.1, 0.15) is 0 Å². The van der Waals surface area contributed by atoms with Crippen LogP contribution in [-0.4, -0.2) is 27.4 Å². The Hall–Kier alpha value is -2.86. The highest BCUT2D eigenvalue weighted by molar-refractivity contribution is 7.22. The van der Waals surface area contributed by atoms with Gasteiger partial charge in [0.15, 0.2) is 5.13 Å². The lowest BCUT2D eigenvalue weighted by molar-refractivity contribution is 0.0988. The van der Waals surface area contributed by atoms with Crippen LogP contribution in [0.5, 0.6) is 0 Å². The molecule has 0 bridgehead atoms. The van der Waals surface area contributed by atoms with Crippen molar-refractivity contribution in [2.24, 2.45) is 0 Å². The van der Waals surface area contributed by atoms with Crippen molar-refractivity contribution < 1.29 is 4.79 Å². The summed E-state index contributed by atoms with van der Waals surface area (Å²) in [4.78, 5) is 28.5. The monoisotopic (exact) mass is 362 g/mol. The van der Waals surface area contributed by atoms with Gasteiger partial charge >= 0.3 is 0 Å². The molecule has 2 aromatic carbocycles. The minimum Gasteiger partial charge on any atom is -0.284 e. The van der Waals surface area contributed by atoms with Crippen LogP contribution in [0.4, 0.5) is 5.13 Å². The molecule has 0 atom stereocenters. The first-order chi connectivity index (χ1) is 12.6. The van der Waals surface area contributed by atoms with Gasteiger partial charge < -0.3 is 0 Å². The van der Waals surface area contributed by atoms with Crippen LogP contribution in [0.25, 0.3) is 21.3 Å². The second-order valence-corrected chi connectivity index (χ2v) is 7.12. The number of nitrogens with zero attached hydrogens (tertiary/aromatic N) is 4. The number of anilines is 1. The Bertz CT molecular complexity index is 1100. The van der Waals surface area contributed by atoms with E-state index in [4.69, 9.17) is 0 Å². The first-order valence-corrected chi connectivity index (χ1v) is 9.31. The summed E-state index contributed by atoms with van der Waals surface area (Å²) in [5.41, 5.74) is 4.82. The van der Waals surface area contributed by atoms with E-state index in [1.165, 1.54) is 11.3 Å². The van der Waals surface area contributed by atoms with Gasteiger partial charge in [-0.1, -0.05) is 23.5 Å². The van der Waals surface area contributed by atoms with Crippen LogP contribution in [0.1, 0.15) is 28.7 Å². The standard InChI is InChI=1S/C20H18N4OS/c1-4-24(20-23-16-7-5-6-8-18(16)26-20)19(25)14-9-10-15-17(11-14)22-13(3)12(2)21-15/h5-11H,4H2,1-3H3. The maximum absolute atomic E-state index is 13.1. The molecule has 0 spiro atoms. The molecular weight excluding hydrogens is 344 g/mol. The highest BCUT2D eigenvalue weighted by Gasteiger charge is 2.20. The van der Waals surface area contributed by atoms with E-state index in [0.717, 1.165) is 32.6 Å². The third-order valence-electron chi connectivity index (χ3n) is 4.40. The topological polar surface area (TPSA) is 59.0 Å². The number of hydrogen-bond acceptors (Lipinski definition) is 5. The quantitative estimate of drug-likeness (QED) is 0.537. The van der Waals surface area contributed by atoms with Gasteiger partial charge in [0.2, 0.25) is 0 Å². The van der Waals surface area contributed by atoms with Crippen LogP contribution in [0.3, 0.4) is 0 Å². The minimum atomic E-state index is -0.0755. The minimum absolute atomic E-state index is 0.0755. The van der Waals surface area contributed by atoms with Crippen LogP contribution in [0.2, 0.25) is 0 Å². The van der Waals surface area contributed by atoms with Crippen LogP contribution in [0, 0.1) is 13.8 Å². The number of aromatic nitrogens is 3. The van der Waals surface area contributed by atoms with E-state index in [-0.39, 0.29) is 5.91 Å².